The van der Waals surface area contributed by atoms with Crippen LogP contribution in [0.4, 0.5) is 0 Å². The SMILES string of the molecule is C.C.CCC(C)(C)C(=O)OCC[N+](C)(C)C.CCC(C)C(=O)OCCN(C)C.CCC(C)C(=O)OCC[N+](C)(C)C.[Cl-].[Cl-]. The Labute approximate surface area is 280 Å². The topological polar surface area (TPSA) is 82.1 Å². The van der Waals surface area contributed by atoms with Crippen molar-refractivity contribution in [2.75, 3.05) is 95.8 Å². The lowest BCUT2D eigenvalue weighted by atomic mass is 9.91. The number of hydrogen-bond donors (Lipinski definition) is 0. The lowest BCUT2D eigenvalue weighted by Crippen LogP contribution is -3.00. The van der Waals surface area contributed by atoms with Gasteiger partial charge in [-0.3, -0.25) is 14.4 Å². The largest absolute Gasteiger partial charge is 1.00 e. The first kappa shape index (κ1) is 57.5. The van der Waals surface area contributed by atoms with E-state index < -0.39 is 0 Å². The fourth-order valence-electron chi connectivity index (χ4n) is 2.12. The van der Waals surface area contributed by atoms with Gasteiger partial charge in [-0.2, -0.15) is 0 Å². The number of carbonyl (C=O) groups is 3. The smallest absolute Gasteiger partial charge is 0.311 e. The summed E-state index contributed by atoms with van der Waals surface area (Å²) in [5.41, 5.74) is -0.342. The quantitative estimate of drug-likeness (QED) is 0.131. The molecule has 0 aliphatic rings. The van der Waals surface area contributed by atoms with Gasteiger partial charge in [0.1, 0.15) is 32.9 Å². The summed E-state index contributed by atoms with van der Waals surface area (Å²) in [5.74, 6) is -0.177. The first-order chi connectivity index (χ1) is 17.6. The second-order valence-electron chi connectivity index (χ2n) is 13.2. The molecule has 0 radical (unpaired) electrons. The Morgan fingerprint density at radius 3 is 1.28 bits per heavy atom. The van der Waals surface area contributed by atoms with Crippen LogP contribution in [0.2, 0.25) is 0 Å². The number of hydrogen-bond acceptors (Lipinski definition) is 7. The van der Waals surface area contributed by atoms with Crippen molar-refractivity contribution >= 4 is 17.9 Å². The zero-order valence-electron chi connectivity index (χ0n) is 29.1. The van der Waals surface area contributed by atoms with E-state index in [4.69, 9.17) is 14.2 Å². The molecular weight excluding hydrogens is 593 g/mol. The number of ether oxygens (including phenoxy) is 3. The van der Waals surface area contributed by atoms with Gasteiger partial charge >= 0.3 is 17.9 Å². The van der Waals surface area contributed by atoms with Gasteiger partial charge in [0.05, 0.1) is 59.5 Å². The molecule has 43 heavy (non-hydrogen) atoms. The Morgan fingerprint density at radius 2 is 1.00 bits per heavy atom. The molecule has 0 bridgehead atoms. The lowest BCUT2D eigenvalue weighted by Gasteiger charge is -2.25. The first-order valence-electron chi connectivity index (χ1n) is 14.4. The molecule has 0 amide bonds. The summed E-state index contributed by atoms with van der Waals surface area (Å²) in [6.45, 7) is 17.6. The van der Waals surface area contributed by atoms with Crippen LogP contribution >= 0.6 is 0 Å². The lowest BCUT2D eigenvalue weighted by molar-refractivity contribution is -0.870. The van der Waals surface area contributed by atoms with Gasteiger partial charge in [0, 0.05) is 6.54 Å². The molecule has 0 aromatic heterocycles. The summed E-state index contributed by atoms with van der Waals surface area (Å²) in [4.78, 5) is 35.9. The monoisotopic (exact) mass is 665 g/mol. The average molecular weight is 667 g/mol. The van der Waals surface area contributed by atoms with Crippen LogP contribution in [0.5, 0.6) is 0 Å². The van der Waals surface area contributed by atoms with Crippen LogP contribution in [0.25, 0.3) is 0 Å². The number of carbonyl (C=O) groups excluding carboxylic acids is 3. The van der Waals surface area contributed by atoms with Crippen molar-refractivity contribution in [1.82, 2.24) is 4.90 Å². The van der Waals surface area contributed by atoms with Crippen molar-refractivity contribution in [3.8, 4) is 0 Å². The highest BCUT2D eigenvalue weighted by Gasteiger charge is 2.27. The molecule has 0 N–H and O–H groups in total. The summed E-state index contributed by atoms with van der Waals surface area (Å²) in [6.07, 6.45) is 2.51. The Balaban J connectivity index is -0.0000000866. The van der Waals surface area contributed by atoms with E-state index in [-0.39, 0.29) is 74.8 Å². The maximum Gasteiger partial charge on any atom is 0.311 e. The minimum absolute atomic E-state index is 0. The molecule has 0 aromatic carbocycles. The molecule has 2 atom stereocenters. The standard InChI is InChI=1S/C11H24NO2.C10H22NO2.C9H19NO2.2CH4.2ClH/c1-7-11(2,3)10(13)14-9-8-12(4,5)6;1-6-9(2)10(12)13-8-7-11(3,4)5;1-5-8(2)9(11)12-7-6-10(3)4;;;;/h7-9H2,1-6H3;9H,6-8H2,1-5H3;8H,5-7H2,1-4H3;2*1H4;2*1H/q2*+1;;;;;/p-2. The van der Waals surface area contributed by atoms with Gasteiger partial charge < -0.3 is 52.9 Å². The van der Waals surface area contributed by atoms with Gasteiger partial charge in [0.2, 0.25) is 0 Å². The summed E-state index contributed by atoms with van der Waals surface area (Å²) in [7, 11) is 16.4. The minimum Gasteiger partial charge on any atom is -1.00 e. The van der Waals surface area contributed by atoms with Gasteiger partial charge in [0.25, 0.3) is 0 Å². The van der Waals surface area contributed by atoms with E-state index in [0.29, 0.717) is 19.8 Å². The van der Waals surface area contributed by atoms with Gasteiger partial charge in [-0.1, -0.05) is 49.5 Å². The first-order valence-corrected chi connectivity index (χ1v) is 14.4. The molecule has 9 nitrogen and oxygen atoms in total. The molecule has 266 valence electrons. The van der Waals surface area contributed by atoms with E-state index in [1.54, 1.807) is 0 Å². The van der Waals surface area contributed by atoms with Crippen LogP contribution in [0, 0.1) is 17.3 Å². The predicted molar refractivity (Wildman–Crippen MR) is 174 cm³/mol. The third-order valence-corrected chi connectivity index (χ3v) is 6.25. The number of esters is 3. The van der Waals surface area contributed by atoms with Crippen molar-refractivity contribution in [3.63, 3.8) is 0 Å². The molecule has 0 aliphatic carbocycles. The normalized spacial score (nSPS) is 12.0. The summed E-state index contributed by atoms with van der Waals surface area (Å²) in [5, 5.41) is 0. The zero-order valence-corrected chi connectivity index (χ0v) is 30.6. The Hall–Kier alpha value is -1.13. The van der Waals surface area contributed by atoms with Crippen molar-refractivity contribution in [2.45, 2.75) is 82.6 Å². The van der Waals surface area contributed by atoms with E-state index in [0.717, 1.165) is 47.9 Å². The van der Waals surface area contributed by atoms with E-state index in [1.807, 2.05) is 67.5 Å². The molecule has 0 heterocycles. The molecular formula is C32H73Cl2N3O6. The van der Waals surface area contributed by atoms with Crippen LogP contribution in [-0.4, -0.2) is 128 Å². The number of likely N-dealkylation sites (N-methyl/N-ethyl adjacent to an activating group) is 3. The van der Waals surface area contributed by atoms with Gasteiger partial charge in [-0.05, 0) is 47.2 Å². The number of halogens is 2. The molecule has 0 fully saturated rings. The molecule has 0 aliphatic heterocycles. The van der Waals surface area contributed by atoms with Crippen LogP contribution in [-0.2, 0) is 28.6 Å². The zero-order chi connectivity index (χ0) is 31.4. The second kappa shape index (κ2) is 29.6. The molecule has 2 unspecified atom stereocenters. The minimum atomic E-state index is -0.342. The molecule has 0 saturated carbocycles. The molecule has 0 aromatic rings. The van der Waals surface area contributed by atoms with Gasteiger partial charge in [0.15, 0.2) is 0 Å². The highest BCUT2D eigenvalue weighted by molar-refractivity contribution is 5.75. The van der Waals surface area contributed by atoms with E-state index in [9.17, 15) is 14.4 Å². The Kier molecular flexibility index (Phi) is 39.6. The maximum atomic E-state index is 11.6. The van der Waals surface area contributed by atoms with Gasteiger partial charge in [-0.15, -0.1) is 0 Å². The maximum absolute atomic E-state index is 11.6. The fraction of sp³-hybridized carbons (Fsp3) is 0.906. The molecule has 0 rings (SSSR count). The summed E-state index contributed by atoms with van der Waals surface area (Å²) < 4.78 is 17.0. The highest BCUT2D eigenvalue weighted by Crippen LogP contribution is 2.21. The van der Waals surface area contributed by atoms with Crippen LogP contribution < -0.4 is 24.8 Å². The second-order valence-corrected chi connectivity index (χ2v) is 13.2. The predicted octanol–water partition coefficient (Wildman–Crippen LogP) is -0.629. The molecule has 0 spiro atoms. The van der Waals surface area contributed by atoms with Crippen LogP contribution in [0.15, 0.2) is 0 Å². The molecule has 0 saturated heterocycles. The van der Waals surface area contributed by atoms with E-state index >= 15 is 0 Å². The Bertz CT molecular complexity index is 679. The average Bonchev–Trinajstić information content (AvgIpc) is 2.81. The Morgan fingerprint density at radius 1 is 0.674 bits per heavy atom. The third kappa shape index (κ3) is 38.8. The molecule has 11 heteroatoms. The summed E-state index contributed by atoms with van der Waals surface area (Å²) >= 11 is 0. The van der Waals surface area contributed by atoms with E-state index in [1.165, 1.54) is 0 Å². The number of quaternary nitrogens is 2. The third-order valence-electron chi connectivity index (χ3n) is 6.25. The van der Waals surface area contributed by atoms with Crippen molar-refractivity contribution in [1.29, 1.82) is 0 Å². The van der Waals surface area contributed by atoms with Gasteiger partial charge in [-0.25, -0.2) is 0 Å². The van der Waals surface area contributed by atoms with Crippen molar-refractivity contribution in [2.24, 2.45) is 17.3 Å². The van der Waals surface area contributed by atoms with Crippen molar-refractivity contribution < 1.29 is 62.4 Å². The van der Waals surface area contributed by atoms with E-state index in [2.05, 4.69) is 42.3 Å². The van der Waals surface area contributed by atoms with Crippen LogP contribution in [0.3, 0.4) is 0 Å². The fourth-order valence-corrected chi connectivity index (χ4v) is 2.12. The summed E-state index contributed by atoms with van der Waals surface area (Å²) in [6, 6.07) is 0. The van der Waals surface area contributed by atoms with Crippen LogP contribution in [0.1, 0.15) is 82.6 Å². The highest BCUT2D eigenvalue weighted by atomic mass is 35.5. The van der Waals surface area contributed by atoms with Crippen molar-refractivity contribution in [3.05, 3.63) is 0 Å². The number of nitrogens with zero attached hydrogens (tertiary/aromatic N) is 3. The number of rotatable bonds is 15.